The maximum absolute atomic E-state index is 12.9. The predicted octanol–water partition coefficient (Wildman–Crippen LogP) is 2.04. The molecule has 1 aromatic heterocycles. The number of benzene rings is 1. The highest BCUT2D eigenvalue weighted by Gasteiger charge is 2.31. The second-order valence-corrected chi connectivity index (χ2v) is 7.78. The van der Waals surface area contributed by atoms with Crippen molar-refractivity contribution in [2.75, 3.05) is 51.4 Å². The van der Waals surface area contributed by atoms with Gasteiger partial charge in [0.25, 0.3) is 5.91 Å². The number of nitrogens with one attached hydrogen (secondary N) is 2. The van der Waals surface area contributed by atoms with Crippen LogP contribution < -0.4 is 21.1 Å². The van der Waals surface area contributed by atoms with Gasteiger partial charge >= 0.3 is 0 Å². The zero-order chi connectivity index (χ0) is 22.2. The fraction of sp³-hybridized carbons (Fsp3) is 0.476. The summed E-state index contributed by atoms with van der Waals surface area (Å²) in [4.78, 5) is 23.5. The van der Waals surface area contributed by atoms with E-state index in [0.717, 1.165) is 39.0 Å². The van der Waals surface area contributed by atoms with Gasteiger partial charge < -0.3 is 30.7 Å². The molecule has 0 bridgehead atoms. The van der Waals surface area contributed by atoms with Crippen LogP contribution in [0.15, 0.2) is 30.6 Å². The zero-order valence-corrected chi connectivity index (χ0v) is 18.6. The van der Waals surface area contributed by atoms with Crippen LogP contribution in [0.3, 0.4) is 0 Å². The van der Waals surface area contributed by atoms with Crippen LogP contribution in [0.1, 0.15) is 23.2 Å². The van der Waals surface area contributed by atoms with E-state index < -0.39 is 0 Å². The maximum Gasteiger partial charge on any atom is 0.255 e. The normalized spacial score (nSPS) is 19.1. The summed E-state index contributed by atoms with van der Waals surface area (Å²) < 4.78 is 11.0. The summed E-state index contributed by atoms with van der Waals surface area (Å²) in [6.45, 7) is 3.31. The number of piperidine rings is 1. The second kappa shape index (κ2) is 11.1. The zero-order valence-electron chi connectivity index (χ0n) is 17.8. The number of anilines is 2. The molecule has 9 nitrogen and oxygen atoms in total. The number of nitrogen functional groups attached to an aromatic ring is 1. The van der Waals surface area contributed by atoms with Crippen LogP contribution in [-0.4, -0.2) is 73.3 Å². The highest BCUT2D eigenvalue weighted by atomic mass is 35.5. The fourth-order valence-corrected chi connectivity index (χ4v) is 3.81. The van der Waals surface area contributed by atoms with Gasteiger partial charge in [-0.3, -0.25) is 4.79 Å². The standard InChI is InChI=1S/C21H29ClN6O3/c1-30-18-12-16(23)15(22)11-14(18)20(29)27-17-5-10-28(13-19(17)31-2)9-4-8-26-21-24-6-3-7-25-21/h3,6-7,11-12,17,19H,4-5,8-10,13,23H2,1-2H3,(H,27,29)(H,24,25,26). The topological polar surface area (TPSA) is 115 Å². The third-order valence-corrected chi connectivity index (χ3v) is 5.65. The van der Waals surface area contributed by atoms with Crippen molar-refractivity contribution in [3.8, 4) is 5.75 Å². The molecule has 1 aliphatic rings. The number of methoxy groups -OCH3 is 2. The van der Waals surface area contributed by atoms with E-state index in [9.17, 15) is 4.79 Å². The molecule has 168 valence electrons. The summed E-state index contributed by atoms with van der Waals surface area (Å²) in [6, 6.07) is 4.77. The van der Waals surface area contributed by atoms with E-state index in [1.165, 1.54) is 13.2 Å². The first-order chi connectivity index (χ1) is 15.0. The number of ether oxygens (including phenoxy) is 2. The highest BCUT2D eigenvalue weighted by Crippen LogP contribution is 2.29. The Labute approximate surface area is 187 Å². The number of hydrogen-bond acceptors (Lipinski definition) is 8. The van der Waals surface area contributed by atoms with Crippen molar-refractivity contribution in [1.82, 2.24) is 20.2 Å². The number of hydrogen-bond donors (Lipinski definition) is 3. The SMILES string of the molecule is COc1cc(N)c(Cl)cc1C(=O)NC1CCN(CCCNc2ncccn2)CC1OC. The smallest absolute Gasteiger partial charge is 0.255 e. The Morgan fingerprint density at radius 3 is 2.81 bits per heavy atom. The lowest BCUT2D eigenvalue weighted by atomic mass is 10.0. The molecule has 2 aromatic rings. The van der Waals surface area contributed by atoms with Crippen molar-refractivity contribution in [3.63, 3.8) is 0 Å². The number of nitrogens with two attached hydrogens (primary N) is 1. The summed E-state index contributed by atoms with van der Waals surface area (Å²) >= 11 is 6.10. The van der Waals surface area contributed by atoms with Crippen molar-refractivity contribution in [2.45, 2.75) is 25.0 Å². The van der Waals surface area contributed by atoms with E-state index in [-0.39, 0.29) is 18.1 Å². The monoisotopic (exact) mass is 448 g/mol. The van der Waals surface area contributed by atoms with Crippen LogP contribution in [0.5, 0.6) is 5.75 Å². The summed E-state index contributed by atoms with van der Waals surface area (Å²) in [6.07, 6.45) is 5.05. The van der Waals surface area contributed by atoms with Gasteiger partial charge in [-0.2, -0.15) is 0 Å². The molecule has 2 unspecified atom stereocenters. The Morgan fingerprint density at radius 1 is 1.32 bits per heavy atom. The van der Waals surface area contributed by atoms with Crippen molar-refractivity contribution in [1.29, 1.82) is 0 Å². The quantitative estimate of drug-likeness (QED) is 0.394. The molecule has 3 rings (SSSR count). The molecule has 2 atom stereocenters. The number of amides is 1. The first-order valence-electron chi connectivity index (χ1n) is 10.2. The van der Waals surface area contributed by atoms with Crippen molar-refractivity contribution < 1.29 is 14.3 Å². The van der Waals surface area contributed by atoms with Crippen LogP contribution in [0, 0.1) is 0 Å². The molecular weight excluding hydrogens is 420 g/mol. The van der Waals surface area contributed by atoms with Crippen LogP contribution >= 0.6 is 11.6 Å². The van der Waals surface area contributed by atoms with E-state index >= 15 is 0 Å². The Hall–Kier alpha value is -2.62. The van der Waals surface area contributed by atoms with Gasteiger partial charge in [-0.1, -0.05) is 11.6 Å². The van der Waals surface area contributed by atoms with Crippen molar-refractivity contribution in [2.24, 2.45) is 0 Å². The molecule has 1 aromatic carbocycles. The molecule has 0 aliphatic carbocycles. The summed E-state index contributed by atoms with van der Waals surface area (Å²) in [5.74, 6) is 0.767. The summed E-state index contributed by atoms with van der Waals surface area (Å²) in [5, 5.41) is 6.60. The molecule has 0 radical (unpaired) electrons. The summed E-state index contributed by atoms with van der Waals surface area (Å²) in [5.41, 5.74) is 6.53. The minimum atomic E-state index is -0.258. The highest BCUT2D eigenvalue weighted by molar-refractivity contribution is 6.33. The van der Waals surface area contributed by atoms with Crippen LogP contribution in [-0.2, 0) is 4.74 Å². The lowest BCUT2D eigenvalue weighted by molar-refractivity contribution is 0.00637. The fourth-order valence-electron chi connectivity index (χ4n) is 3.64. The number of likely N-dealkylation sites (tertiary alicyclic amines) is 1. The molecule has 1 aliphatic heterocycles. The molecule has 31 heavy (non-hydrogen) atoms. The average Bonchev–Trinajstić information content (AvgIpc) is 2.79. The van der Waals surface area contributed by atoms with Crippen molar-refractivity contribution >= 4 is 29.1 Å². The third kappa shape index (κ3) is 6.19. The first-order valence-corrected chi connectivity index (χ1v) is 10.6. The van der Waals surface area contributed by atoms with Gasteiger partial charge in [0.15, 0.2) is 0 Å². The molecule has 10 heteroatoms. The Morgan fingerprint density at radius 2 is 2.10 bits per heavy atom. The number of aromatic nitrogens is 2. The number of carbonyl (C=O) groups is 1. The van der Waals surface area contributed by atoms with E-state index in [0.29, 0.717) is 28.0 Å². The molecule has 0 saturated carbocycles. The Kier molecular flexibility index (Phi) is 8.27. The van der Waals surface area contributed by atoms with E-state index in [4.69, 9.17) is 26.8 Å². The predicted molar refractivity (Wildman–Crippen MR) is 121 cm³/mol. The number of rotatable bonds is 9. The van der Waals surface area contributed by atoms with Gasteiger partial charge in [0.05, 0.1) is 35.5 Å². The largest absolute Gasteiger partial charge is 0.496 e. The van der Waals surface area contributed by atoms with Gasteiger partial charge in [0, 0.05) is 45.2 Å². The molecule has 1 amide bonds. The molecular formula is C21H29ClN6O3. The number of nitrogens with zero attached hydrogens (tertiary/aromatic N) is 3. The molecule has 0 spiro atoms. The Balaban J connectivity index is 1.50. The minimum Gasteiger partial charge on any atom is -0.496 e. The first kappa shape index (κ1) is 23.1. The van der Waals surface area contributed by atoms with E-state index in [2.05, 4.69) is 25.5 Å². The van der Waals surface area contributed by atoms with Crippen LogP contribution in [0.25, 0.3) is 0 Å². The van der Waals surface area contributed by atoms with Crippen molar-refractivity contribution in [3.05, 3.63) is 41.2 Å². The van der Waals surface area contributed by atoms with E-state index in [1.807, 2.05) is 0 Å². The number of carbonyl (C=O) groups excluding carboxylic acids is 1. The third-order valence-electron chi connectivity index (χ3n) is 5.33. The van der Waals surface area contributed by atoms with Gasteiger partial charge in [-0.15, -0.1) is 0 Å². The van der Waals surface area contributed by atoms with E-state index in [1.54, 1.807) is 31.6 Å². The van der Waals surface area contributed by atoms with Gasteiger partial charge in [0.2, 0.25) is 5.95 Å². The molecule has 1 fully saturated rings. The molecule has 2 heterocycles. The maximum atomic E-state index is 12.9. The average molecular weight is 449 g/mol. The molecule has 1 saturated heterocycles. The molecule has 4 N–H and O–H groups in total. The van der Waals surface area contributed by atoms with Gasteiger partial charge in [-0.05, 0) is 31.5 Å². The summed E-state index contributed by atoms with van der Waals surface area (Å²) in [7, 11) is 3.16. The lowest BCUT2D eigenvalue weighted by Crippen LogP contribution is -2.55. The van der Waals surface area contributed by atoms with Crippen LogP contribution in [0.4, 0.5) is 11.6 Å². The lowest BCUT2D eigenvalue weighted by Gasteiger charge is -2.38. The second-order valence-electron chi connectivity index (χ2n) is 7.37. The Bertz CT molecular complexity index is 870. The minimum absolute atomic E-state index is 0.106. The van der Waals surface area contributed by atoms with Gasteiger partial charge in [-0.25, -0.2) is 9.97 Å². The van der Waals surface area contributed by atoms with Crippen LogP contribution in [0.2, 0.25) is 5.02 Å². The number of halogens is 1. The van der Waals surface area contributed by atoms with Gasteiger partial charge in [0.1, 0.15) is 5.75 Å².